The van der Waals surface area contributed by atoms with Gasteiger partial charge in [-0.25, -0.2) is 14.6 Å². The van der Waals surface area contributed by atoms with Gasteiger partial charge in [0.1, 0.15) is 23.7 Å². The summed E-state index contributed by atoms with van der Waals surface area (Å²) >= 11 is 0. The highest BCUT2D eigenvalue weighted by molar-refractivity contribution is 5.95. The lowest BCUT2D eigenvalue weighted by Gasteiger charge is -2.31. The molecule has 2 saturated heterocycles. The SMILES string of the molecule is COC(=O)N[C@H](C(=O)N1CCC[C@H]1C1=NCC(c2ccc3c(c2)CCc2cc(-c4cnc([C@@H]5CCCN5C(=O)[C@@H](NC(=O)OC)C(C)C)[nH]4)ccc2-3)N1)C(C)C. The van der Waals surface area contributed by atoms with Crippen molar-refractivity contribution in [2.75, 3.05) is 33.9 Å². The van der Waals surface area contributed by atoms with Crippen LogP contribution < -0.4 is 16.0 Å². The quantitative estimate of drug-likeness (QED) is 0.216. The molecule has 298 valence electrons. The molecule has 1 aliphatic carbocycles. The van der Waals surface area contributed by atoms with Crippen LogP contribution in [0.3, 0.4) is 0 Å². The minimum atomic E-state index is -0.681. The van der Waals surface area contributed by atoms with E-state index in [0.717, 1.165) is 61.4 Å². The number of carbonyl (C=O) groups is 4. The van der Waals surface area contributed by atoms with E-state index in [1.807, 2.05) is 43.7 Å². The molecule has 7 rings (SSSR count). The molecule has 0 bridgehead atoms. The standard InChI is InChI=1S/C42H54N8O6/c1-23(2)35(47-41(53)55-5)39(51)49-17-7-9-33(49)37-43-21-31(45-37)27-13-15-29-25(19-27)11-12-26-20-28(14-16-30(26)29)32-22-44-38(46-32)34-10-8-18-50(34)40(52)36(24(3)4)48-42(54)56-6/h13-16,19-21,23-24,32-36H,7-12,17-18,22H2,1-6H3,(H,43,45)(H,44,46)(H,47,53)(H,48,54)/t32?,33-,34-,35-,36-/m0/s1. The summed E-state index contributed by atoms with van der Waals surface area (Å²) < 4.78 is 9.56. The average Bonchev–Trinajstić information content (AvgIpc) is 4.04. The van der Waals surface area contributed by atoms with Crippen LogP contribution in [-0.4, -0.2) is 102 Å². The van der Waals surface area contributed by atoms with E-state index in [0.29, 0.717) is 19.6 Å². The first kappa shape index (κ1) is 38.9. The molecule has 3 aliphatic heterocycles. The number of H-pyrrole nitrogens is 1. The molecule has 0 saturated carbocycles. The van der Waals surface area contributed by atoms with Gasteiger partial charge in [-0.1, -0.05) is 58.0 Å². The molecule has 4 N–H and O–H groups in total. The Morgan fingerprint density at radius 1 is 0.786 bits per heavy atom. The highest BCUT2D eigenvalue weighted by Crippen LogP contribution is 2.38. The van der Waals surface area contributed by atoms with Gasteiger partial charge in [0.25, 0.3) is 0 Å². The Kier molecular flexibility index (Phi) is 11.4. The first-order valence-electron chi connectivity index (χ1n) is 19.9. The summed E-state index contributed by atoms with van der Waals surface area (Å²) in [6.45, 7) is 9.49. The van der Waals surface area contributed by atoms with Gasteiger partial charge < -0.3 is 40.2 Å². The van der Waals surface area contributed by atoms with E-state index in [4.69, 9.17) is 19.5 Å². The third kappa shape index (κ3) is 7.70. The average molecular weight is 767 g/mol. The zero-order valence-corrected chi connectivity index (χ0v) is 33.2. The minimum Gasteiger partial charge on any atom is -0.453 e. The number of aromatic amines is 1. The molecule has 4 heterocycles. The summed E-state index contributed by atoms with van der Waals surface area (Å²) in [4.78, 5) is 68.0. The Bertz CT molecular complexity index is 2010. The molecule has 4 aliphatic rings. The number of nitrogens with one attached hydrogen (secondary N) is 4. The first-order chi connectivity index (χ1) is 27.0. The van der Waals surface area contributed by atoms with Gasteiger partial charge in [0.15, 0.2) is 0 Å². The predicted molar refractivity (Wildman–Crippen MR) is 212 cm³/mol. The van der Waals surface area contributed by atoms with E-state index in [-0.39, 0.29) is 41.8 Å². The van der Waals surface area contributed by atoms with Crippen LogP contribution in [0.5, 0.6) is 0 Å². The molecule has 14 nitrogen and oxygen atoms in total. The number of amides is 4. The topological polar surface area (TPSA) is 170 Å². The van der Waals surface area contributed by atoms with Crippen molar-refractivity contribution in [1.29, 1.82) is 0 Å². The van der Waals surface area contributed by atoms with E-state index in [1.165, 1.54) is 42.0 Å². The summed E-state index contributed by atoms with van der Waals surface area (Å²) in [6, 6.07) is 11.6. The summed E-state index contributed by atoms with van der Waals surface area (Å²) in [6.07, 6.45) is 5.80. The Balaban J connectivity index is 1.02. The van der Waals surface area contributed by atoms with Gasteiger partial charge >= 0.3 is 12.2 Å². The van der Waals surface area contributed by atoms with Crippen molar-refractivity contribution in [2.45, 2.75) is 96.4 Å². The Morgan fingerprint density at radius 3 is 1.96 bits per heavy atom. The monoisotopic (exact) mass is 766 g/mol. The van der Waals surface area contributed by atoms with E-state index < -0.39 is 24.3 Å². The number of aromatic nitrogens is 2. The van der Waals surface area contributed by atoms with Crippen LogP contribution in [0.1, 0.15) is 88.0 Å². The smallest absolute Gasteiger partial charge is 0.407 e. The number of carbonyl (C=O) groups excluding carboxylic acids is 4. The van der Waals surface area contributed by atoms with Crippen LogP contribution >= 0.6 is 0 Å². The fourth-order valence-corrected chi connectivity index (χ4v) is 8.69. The Labute approximate surface area is 328 Å². The van der Waals surface area contributed by atoms with Gasteiger partial charge in [-0.2, -0.15) is 0 Å². The molecular weight excluding hydrogens is 713 g/mol. The third-order valence-corrected chi connectivity index (χ3v) is 11.7. The van der Waals surface area contributed by atoms with Gasteiger partial charge in [0.05, 0.1) is 50.8 Å². The number of aryl methyl sites for hydroxylation is 2. The van der Waals surface area contributed by atoms with Crippen molar-refractivity contribution < 1.29 is 28.7 Å². The van der Waals surface area contributed by atoms with Crippen molar-refractivity contribution in [3.8, 4) is 22.4 Å². The number of methoxy groups -OCH3 is 2. The predicted octanol–water partition coefficient (Wildman–Crippen LogP) is 5.30. The second-order valence-electron chi connectivity index (χ2n) is 16.0. The fourth-order valence-electron chi connectivity index (χ4n) is 8.69. The van der Waals surface area contributed by atoms with E-state index in [1.54, 1.807) is 0 Å². The van der Waals surface area contributed by atoms with Crippen molar-refractivity contribution in [2.24, 2.45) is 16.8 Å². The molecule has 0 spiro atoms. The van der Waals surface area contributed by atoms with Crippen molar-refractivity contribution in [1.82, 2.24) is 35.7 Å². The van der Waals surface area contributed by atoms with Gasteiger partial charge in [-0.3, -0.25) is 14.6 Å². The van der Waals surface area contributed by atoms with Gasteiger partial charge in [0, 0.05) is 13.1 Å². The maximum Gasteiger partial charge on any atom is 0.407 e. The second kappa shape index (κ2) is 16.4. The van der Waals surface area contributed by atoms with Gasteiger partial charge in [-0.05, 0) is 89.8 Å². The summed E-state index contributed by atoms with van der Waals surface area (Å²) in [5, 5.41) is 9.08. The molecule has 3 aromatic rings. The van der Waals surface area contributed by atoms with Crippen LogP contribution in [0.25, 0.3) is 22.4 Å². The summed E-state index contributed by atoms with van der Waals surface area (Å²) in [7, 11) is 2.60. The fraction of sp³-hybridized carbons (Fsp3) is 0.524. The van der Waals surface area contributed by atoms with Crippen LogP contribution in [0.15, 0.2) is 47.6 Å². The molecular formula is C42H54N8O6. The highest BCUT2D eigenvalue weighted by Gasteiger charge is 2.40. The molecule has 1 unspecified atom stereocenters. The lowest BCUT2D eigenvalue weighted by Crippen LogP contribution is -2.54. The van der Waals surface area contributed by atoms with Crippen LogP contribution in [0, 0.1) is 11.8 Å². The second-order valence-corrected chi connectivity index (χ2v) is 16.0. The third-order valence-electron chi connectivity index (χ3n) is 11.7. The highest BCUT2D eigenvalue weighted by atomic mass is 16.5. The number of imidazole rings is 1. The van der Waals surface area contributed by atoms with Crippen molar-refractivity contribution in [3.05, 3.63) is 65.1 Å². The normalized spacial score (nSPS) is 21.2. The summed E-state index contributed by atoms with van der Waals surface area (Å²) in [5.74, 6) is 1.16. The molecule has 2 fully saturated rings. The molecule has 0 radical (unpaired) electrons. The lowest BCUT2D eigenvalue weighted by atomic mass is 9.83. The van der Waals surface area contributed by atoms with Crippen LogP contribution in [0.4, 0.5) is 9.59 Å². The number of likely N-dealkylation sites (tertiary alicyclic amines) is 2. The number of hydrogen-bond donors (Lipinski definition) is 4. The number of alkyl carbamates (subject to hydrolysis) is 2. The maximum absolute atomic E-state index is 13.6. The summed E-state index contributed by atoms with van der Waals surface area (Å²) in [5.41, 5.74) is 8.17. The number of rotatable bonds is 10. The van der Waals surface area contributed by atoms with Gasteiger partial charge in [0.2, 0.25) is 11.8 Å². The lowest BCUT2D eigenvalue weighted by molar-refractivity contribution is -0.135. The largest absolute Gasteiger partial charge is 0.453 e. The number of benzene rings is 2. The number of fused-ring (bicyclic) bond motifs is 3. The van der Waals surface area contributed by atoms with E-state index >= 15 is 0 Å². The number of amidine groups is 1. The molecule has 56 heavy (non-hydrogen) atoms. The van der Waals surface area contributed by atoms with Crippen molar-refractivity contribution >= 4 is 29.8 Å². The van der Waals surface area contributed by atoms with Crippen LogP contribution in [0.2, 0.25) is 0 Å². The molecule has 4 amide bonds. The van der Waals surface area contributed by atoms with Crippen molar-refractivity contribution in [3.63, 3.8) is 0 Å². The van der Waals surface area contributed by atoms with Crippen LogP contribution in [-0.2, 0) is 31.9 Å². The zero-order valence-electron chi connectivity index (χ0n) is 33.2. The molecule has 14 heteroatoms. The van der Waals surface area contributed by atoms with E-state index in [2.05, 4.69) is 57.3 Å². The Hall–Kier alpha value is -5.40. The van der Waals surface area contributed by atoms with Gasteiger partial charge in [-0.15, -0.1) is 0 Å². The molecule has 1 aromatic heterocycles. The number of nitrogens with zero attached hydrogens (tertiary/aromatic N) is 4. The number of ether oxygens (including phenoxy) is 2. The Morgan fingerprint density at radius 2 is 1.36 bits per heavy atom. The molecule has 5 atom stereocenters. The minimum absolute atomic E-state index is 0.0201. The first-order valence-corrected chi connectivity index (χ1v) is 19.9. The maximum atomic E-state index is 13.6. The van der Waals surface area contributed by atoms with E-state index in [9.17, 15) is 19.2 Å². The number of aliphatic imine (C=N–C) groups is 1. The zero-order chi connectivity index (χ0) is 39.7. The molecule has 2 aromatic carbocycles. The number of hydrogen-bond acceptors (Lipinski definition) is 9.